The number of unbranched alkanes of at least 4 members (excludes halogenated alkanes) is 5. The average Bonchev–Trinajstić information content (AvgIpc) is 2.96. The van der Waals surface area contributed by atoms with Gasteiger partial charge in [-0.25, -0.2) is 0 Å². The Kier molecular flexibility index (Phi) is 11.6. The summed E-state index contributed by atoms with van der Waals surface area (Å²) < 4.78 is 4.91. The van der Waals surface area contributed by atoms with E-state index in [0.29, 0.717) is 19.4 Å². The van der Waals surface area contributed by atoms with Gasteiger partial charge >= 0.3 is 5.97 Å². The molecule has 0 aromatic rings. The molecule has 1 aliphatic rings. The predicted octanol–water partition coefficient (Wildman–Crippen LogP) is 4.97. The molecule has 1 aliphatic carbocycles. The minimum Gasteiger partial charge on any atom is -0.466 e. The van der Waals surface area contributed by atoms with Gasteiger partial charge in [0.1, 0.15) is 0 Å². The molecule has 0 fully saturated rings. The molecule has 0 saturated heterocycles. The molecule has 0 saturated carbocycles. The summed E-state index contributed by atoms with van der Waals surface area (Å²) in [5, 5.41) is 0. The van der Waals surface area contributed by atoms with Crippen LogP contribution in [0.25, 0.3) is 0 Å². The van der Waals surface area contributed by atoms with Crippen molar-refractivity contribution >= 4 is 17.5 Å². The summed E-state index contributed by atoms with van der Waals surface area (Å²) in [7, 11) is 0. The molecule has 0 bridgehead atoms. The molecule has 0 aromatic heterocycles. The molecule has 2 atom stereocenters. The normalized spacial score (nSPS) is 19.4. The summed E-state index contributed by atoms with van der Waals surface area (Å²) in [4.78, 5) is 35.2. The molecular formula is C22H34O4. The first-order valence-electron chi connectivity index (χ1n) is 10.2. The van der Waals surface area contributed by atoms with Crippen molar-refractivity contribution in [3.8, 4) is 0 Å². The minimum atomic E-state index is -0.128. The average molecular weight is 363 g/mol. The number of hydrogen-bond donors (Lipinski definition) is 0. The van der Waals surface area contributed by atoms with Crippen LogP contribution in [0.3, 0.4) is 0 Å². The van der Waals surface area contributed by atoms with Crippen LogP contribution in [0.1, 0.15) is 78.1 Å². The van der Waals surface area contributed by atoms with Gasteiger partial charge in [-0.15, -0.1) is 0 Å². The fraction of sp³-hybridized carbons (Fsp3) is 0.682. The van der Waals surface area contributed by atoms with E-state index < -0.39 is 0 Å². The van der Waals surface area contributed by atoms with Crippen molar-refractivity contribution in [3.05, 3.63) is 24.3 Å². The molecule has 0 aliphatic heterocycles. The lowest BCUT2D eigenvalue weighted by molar-refractivity contribution is -0.143. The van der Waals surface area contributed by atoms with Crippen LogP contribution in [0.5, 0.6) is 0 Å². The van der Waals surface area contributed by atoms with Gasteiger partial charge in [-0.3, -0.25) is 14.4 Å². The van der Waals surface area contributed by atoms with Crippen molar-refractivity contribution in [1.29, 1.82) is 0 Å². The summed E-state index contributed by atoms with van der Waals surface area (Å²) in [6.45, 7) is 4.37. The van der Waals surface area contributed by atoms with Crippen LogP contribution in [-0.2, 0) is 19.1 Å². The van der Waals surface area contributed by atoms with E-state index in [1.807, 2.05) is 19.1 Å². The molecule has 0 heterocycles. The van der Waals surface area contributed by atoms with Crippen LogP contribution in [0.15, 0.2) is 24.3 Å². The number of carbonyl (C=O) groups excluding carboxylic acids is 3. The van der Waals surface area contributed by atoms with Gasteiger partial charge in [0.2, 0.25) is 0 Å². The summed E-state index contributed by atoms with van der Waals surface area (Å²) in [6, 6.07) is 0. The maximum absolute atomic E-state index is 12.1. The van der Waals surface area contributed by atoms with Crippen LogP contribution in [-0.4, -0.2) is 24.1 Å². The lowest BCUT2D eigenvalue weighted by Gasteiger charge is -2.14. The van der Waals surface area contributed by atoms with Crippen LogP contribution in [0.4, 0.5) is 0 Å². The molecule has 1 rings (SSSR count). The predicted molar refractivity (Wildman–Crippen MR) is 104 cm³/mol. The highest BCUT2D eigenvalue weighted by molar-refractivity contribution is 5.95. The topological polar surface area (TPSA) is 60.4 Å². The lowest BCUT2D eigenvalue weighted by atomic mass is 9.88. The summed E-state index contributed by atoms with van der Waals surface area (Å²) in [6.07, 6.45) is 16.0. The SMILES string of the molecule is CCCCCC(=O)/C=C/[C@H]1C=CC(=O)[C@H]1CCCCCCC(=O)OCC. The van der Waals surface area contributed by atoms with E-state index in [1.54, 1.807) is 12.2 Å². The first-order valence-corrected chi connectivity index (χ1v) is 10.2. The number of rotatable bonds is 14. The Morgan fingerprint density at radius 2 is 1.77 bits per heavy atom. The number of ether oxygens (including phenoxy) is 1. The van der Waals surface area contributed by atoms with Gasteiger partial charge in [0.05, 0.1) is 6.61 Å². The molecule has 146 valence electrons. The highest BCUT2D eigenvalue weighted by Crippen LogP contribution is 2.28. The van der Waals surface area contributed by atoms with Gasteiger partial charge < -0.3 is 4.74 Å². The third-order valence-corrected chi connectivity index (χ3v) is 4.80. The molecule has 4 heteroatoms. The fourth-order valence-electron chi connectivity index (χ4n) is 3.26. The van der Waals surface area contributed by atoms with Crippen LogP contribution < -0.4 is 0 Å². The van der Waals surface area contributed by atoms with Crippen molar-refractivity contribution in [1.82, 2.24) is 0 Å². The molecule has 0 N–H and O–H groups in total. The Balaban J connectivity index is 2.26. The third-order valence-electron chi connectivity index (χ3n) is 4.80. The second-order valence-corrected chi connectivity index (χ2v) is 6.99. The van der Waals surface area contributed by atoms with Gasteiger partial charge in [-0.2, -0.15) is 0 Å². The second-order valence-electron chi connectivity index (χ2n) is 6.99. The van der Waals surface area contributed by atoms with Gasteiger partial charge in [0.15, 0.2) is 11.6 Å². The van der Waals surface area contributed by atoms with E-state index in [9.17, 15) is 14.4 Å². The summed E-state index contributed by atoms with van der Waals surface area (Å²) in [5.74, 6) is 0.224. The zero-order chi connectivity index (χ0) is 19.2. The molecule has 26 heavy (non-hydrogen) atoms. The first-order chi connectivity index (χ1) is 12.6. The molecule has 0 unspecified atom stereocenters. The van der Waals surface area contributed by atoms with Gasteiger partial charge in [-0.05, 0) is 38.3 Å². The number of ketones is 2. The van der Waals surface area contributed by atoms with Crippen molar-refractivity contribution in [2.75, 3.05) is 6.61 Å². The summed E-state index contributed by atoms with van der Waals surface area (Å²) in [5.41, 5.74) is 0. The van der Waals surface area contributed by atoms with E-state index in [-0.39, 0.29) is 29.4 Å². The van der Waals surface area contributed by atoms with Crippen LogP contribution >= 0.6 is 0 Å². The Hall–Kier alpha value is -1.71. The number of hydrogen-bond acceptors (Lipinski definition) is 4. The third kappa shape index (κ3) is 9.12. The Bertz CT molecular complexity index is 504. The Labute approximate surface area is 158 Å². The molecular weight excluding hydrogens is 328 g/mol. The van der Waals surface area contributed by atoms with Crippen molar-refractivity contribution in [2.24, 2.45) is 11.8 Å². The molecule has 0 amide bonds. The maximum Gasteiger partial charge on any atom is 0.305 e. The fourth-order valence-corrected chi connectivity index (χ4v) is 3.26. The number of carbonyl (C=O) groups is 3. The number of esters is 1. The van der Waals surface area contributed by atoms with E-state index in [4.69, 9.17) is 4.74 Å². The molecule has 0 aromatic carbocycles. The highest BCUT2D eigenvalue weighted by Gasteiger charge is 2.27. The van der Waals surface area contributed by atoms with E-state index in [2.05, 4.69) is 6.92 Å². The van der Waals surface area contributed by atoms with E-state index in [1.165, 1.54) is 0 Å². The van der Waals surface area contributed by atoms with Gasteiger partial charge in [0, 0.05) is 24.7 Å². The van der Waals surface area contributed by atoms with Gasteiger partial charge in [-0.1, -0.05) is 51.2 Å². The maximum atomic E-state index is 12.1. The molecule has 0 radical (unpaired) electrons. The summed E-state index contributed by atoms with van der Waals surface area (Å²) >= 11 is 0. The van der Waals surface area contributed by atoms with Gasteiger partial charge in [0.25, 0.3) is 0 Å². The standard InChI is InChI=1S/C22H34O4/c1-3-5-8-11-19(23)16-14-18-15-17-21(24)20(18)12-9-6-7-10-13-22(25)26-4-2/h14-18,20H,3-13H2,1-2H3/b16-14+/t18-,20-/m0/s1. The Morgan fingerprint density at radius 3 is 2.50 bits per heavy atom. The van der Waals surface area contributed by atoms with Crippen LogP contribution in [0, 0.1) is 11.8 Å². The number of allylic oxidation sites excluding steroid dienone is 4. The zero-order valence-corrected chi connectivity index (χ0v) is 16.4. The molecule has 0 spiro atoms. The molecule has 4 nitrogen and oxygen atoms in total. The largest absolute Gasteiger partial charge is 0.466 e. The van der Waals surface area contributed by atoms with Crippen molar-refractivity contribution < 1.29 is 19.1 Å². The van der Waals surface area contributed by atoms with Crippen molar-refractivity contribution in [2.45, 2.75) is 78.1 Å². The zero-order valence-electron chi connectivity index (χ0n) is 16.4. The highest BCUT2D eigenvalue weighted by atomic mass is 16.5. The van der Waals surface area contributed by atoms with E-state index >= 15 is 0 Å². The first kappa shape index (κ1) is 22.3. The smallest absolute Gasteiger partial charge is 0.305 e. The lowest BCUT2D eigenvalue weighted by Crippen LogP contribution is -2.14. The minimum absolute atomic E-state index is 0.0280. The Morgan fingerprint density at radius 1 is 1.04 bits per heavy atom. The second kappa shape index (κ2) is 13.5. The monoisotopic (exact) mass is 362 g/mol. The quantitative estimate of drug-likeness (QED) is 0.249. The van der Waals surface area contributed by atoms with Crippen LogP contribution in [0.2, 0.25) is 0 Å². The van der Waals surface area contributed by atoms with E-state index in [0.717, 1.165) is 51.4 Å². The van der Waals surface area contributed by atoms with Crippen molar-refractivity contribution in [3.63, 3.8) is 0 Å².